The molecule has 0 spiro atoms. The van der Waals surface area contributed by atoms with Crippen LogP contribution in [0.1, 0.15) is 76.1 Å². The van der Waals surface area contributed by atoms with Gasteiger partial charge in [-0.1, -0.05) is 45.6 Å². The zero-order valence-electron chi connectivity index (χ0n) is 20.3. The molecule has 2 rings (SSSR count). The van der Waals surface area contributed by atoms with E-state index in [9.17, 15) is 4.39 Å². The molecule has 2 aromatic carbocycles. The van der Waals surface area contributed by atoms with Crippen LogP contribution in [0, 0.1) is 18.8 Å². The predicted octanol–water partition coefficient (Wildman–Crippen LogP) is 6.73. The fourth-order valence-corrected chi connectivity index (χ4v) is 2.65. The maximum Gasteiger partial charge on any atom is 0.107 e. The van der Waals surface area contributed by atoms with Crippen LogP contribution in [0.3, 0.4) is 0 Å². The van der Waals surface area contributed by atoms with Crippen LogP contribution in [0.4, 0.5) is 10.1 Å². The summed E-state index contributed by atoms with van der Waals surface area (Å²) in [5, 5.41) is 8.16. The Labute approximate surface area is 184 Å². The van der Waals surface area contributed by atoms with Gasteiger partial charge in [0, 0.05) is 43.9 Å². The zero-order valence-corrected chi connectivity index (χ0v) is 20.3. The van der Waals surface area contributed by atoms with Crippen molar-refractivity contribution in [3.63, 3.8) is 0 Å². The summed E-state index contributed by atoms with van der Waals surface area (Å²) in [6.07, 6.45) is 0.229. The monoisotopic (exact) mass is 413 g/mol. The quantitative estimate of drug-likeness (QED) is 0.562. The second-order valence-electron chi connectivity index (χ2n) is 8.11. The van der Waals surface area contributed by atoms with Crippen LogP contribution >= 0.6 is 0 Å². The standard InChI is InChI=1S/C20H23N.C5H11FO.C2H6/c1-15(2)20-13-10-18(14-16(20)3)7-6-17-8-11-19(12-9-17)21(4)5;1-5(2,6)3-4-7;1-2/h8-15H,1-5H3;7H,3-4H2,1-2H3;1-2H3. The molecule has 0 fully saturated rings. The molecule has 0 aliphatic rings. The topological polar surface area (TPSA) is 23.5 Å². The molecular weight excluding hydrogens is 373 g/mol. The second-order valence-corrected chi connectivity index (χ2v) is 8.11. The first-order valence-electron chi connectivity index (χ1n) is 10.7. The number of hydrogen-bond acceptors (Lipinski definition) is 2. The van der Waals surface area contributed by atoms with Gasteiger partial charge in [-0.25, -0.2) is 4.39 Å². The molecule has 0 unspecified atom stereocenters. The highest BCUT2D eigenvalue weighted by Crippen LogP contribution is 2.19. The summed E-state index contributed by atoms with van der Waals surface area (Å²) in [6, 6.07) is 14.8. The van der Waals surface area contributed by atoms with Crippen molar-refractivity contribution in [1.29, 1.82) is 0 Å². The summed E-state index contributed by atoms with van der Waals surface area (Å²) in [5.74, 6) is 7.05. The molecule has 0 atom stereocenters. The number of rotatable bonds is 4. The first-order valence-corrected chi connectivity index (χ1v) is 10.7. The van der Waals surface area contributed by atoms with Crippen LogP contribution in [0.5, 0.6) is 0 Å². The van der Waals surface area contributed by atoms with E-state index in [4.69, 9.17) is 5.11 Å². The van der Waals surface area contributed by atoms with Crippen LogP contribution in [0.25, 0.3) is 0 Å². The number of hydrogen-bond donors (Lipinski definition) is 1. The first kappa shape index (κ1) is 27.7. The number of alkyl halides is 1. The Kier molecular flexibility index (Phi) is 12.8. The number of aryl methyl sites for hydroxylation is 1. The Morgan fingerprint density at radius 1 is 0.967 bits per heavy atom. The van der Waals surface area contributed by atoms with Crippen LogP contribution in [0.2, 0.25) is 0 Å². The number of benzene rings is 2. The highest BCUT2D eigenvalue weighted by atomic mass is 19.1. The third-order valence-electron chi connectivity index (χ3n) is 4.33. The lowest BCUT2D eigenvalue weighted by atomic mass is 9.96. The van der Waals surface area contributed by atoms with Gasteiger partial charge in [-0.05, 0) is 74.2 Å². The lowest BCUT2D eigenvalue weighted by Gasteiger charge is -2.11. The fourth-order valence-electron chi connectivity index (χ4n) is 2.65. The van der Waals surface area contributed by atoms with Gasteiger partial charge in [0.25, 0.3) is 0 Å². The molecule has 1 N–H and O–H groups in total. The van der Waals surface area contributed by atoms with Gasteiger partial charge < -0.3 is 10.0 Å². The smallest absolute Gasteiger partial charge is 0.107 e. The summed E-state index contributed by atoms with van der Waals surface area (Å²) in [7, 11) is 4.08. The summed E-state index contributed by atoms with van der Waals surface area (Å²) in [5.41, 5.74) is 4.84. The van der Waals surface area contributed by atoms with Crippen molar-refractivity contribution in [2.45, 2.75) is 66.5 Å². The van der Waals surface area contributed by atoms with Crippen molar-refractivity contribution in [3.8, 4) is 11.8 Å². The highest BCUT2D eigenvalue weighted by Gasteiger charge is 2.12. The minimum Gasteiger partial charge on any atom is -0.396 e. The van der Waals surface area contributed by atoms with Gasteiger partial charge in [-0.3, -0.25) is 0 Å². The lowest BCUT2D eigenvalue weighted by Crippen LogP contribution is -2.12. The summed E-state index contributed by atoms with van der Waals surface area (Å²) in [6.45, 7) is 13.4. The van der Waals surface area contributed by atoms with E-state index in [1.165, 1.54) is 30.7 Å². The van der Waals surface area contributed by atoms with Crippen LogP contribution in [-0.4, -0.2) is 31.5 Å². The molecule has 0 bridgehead atoms. The number of aliphatic hydroxyl groups is 1. The maximum atomic E-state index is 12.2. The van der Waals surface area contributed by atoms with Gasteiger partial charge in [0.05, 0.1) is 0 Å². The zero-order chi connectivity index (χ0) is 23.3. The van der Waals surface area contributed by atoms with Crippen molar-refractivity contribution in [3.05, 3.63) is 64.7 Å². The third-order valence-corrected chi connectivity index (χ3v) is 4.33. The van der Waals surface area contributed by atoms with E-state index in [-0.39, 0.29) is 13.0 Å². The molecule has 0 aliphatic carbocycles. The molecule has 0 saturated heterocycles. The van der Waals surface area contributed by atoms with E-state index in [0.29, 0.717) is 5.92 Å². The molecule has 2 aromatic rings. The van der Waals surface area contributed by atoms with Gasteiger partial charge in [0.15, 0.2) is 0 Å². The van der Waals surface area contributed by atoms with Crippen LogP contribution in [0.15, 0.2) is 42.5 Å². The predicted molar refractivity (Wildman–Crippen MR) is 130 cm³/mol. The van der Waals surface area contributed by atoms with Gasteiger partial charge in [-0.15, -0.1) is 0 Å². The lowest BCUT2D eigenvalue weighted by molar-refractivity contribution is 0.152. The normalized spacial score (nSPS) is 10.1. The minimum absolute atomic E-state index is 0.0660. The summed E-state index contributed by atoms with van der Waals surface area (Å²) < 4.78 is 12.2. The van der Waals surface area contributed by atoms with Crippen molar-refractivity contribution < 1.29 is 9.50 Å². The van der Waals surface area contributed by atoms with Gasteiger partial charge in [0.2, 0.25) is 0 Å². The molecule has 0 aromatic heterocycles. The Balaban J connectivity index is 0.000000795. The average molecular weight is 414 g/mol. The fraction of sp³-hybridized carbons (Fsp3) is 0.481. The molecule has 30 heavy (non-hydrogen) atoms. The number of anilines is 1. The number of aliphatic hydroxyl groups excluding tert-OH is 1. The molecule has 0 amide bonds. The maximum absolute atomic E-state index is 12.2. The van der Waals surface area contributed by atoms with E-state index < -0.39 is 5.67 Å². The van der Waals surface area contributed by atoms with Crippen molar-refractivity contribution >= 4 is 5.69 Å². The summed E-state index contributed by atoms with van der Waals surface area (Å²) in [4.78, 5) is 2.09. The molecule has 0 aliphatic heterocycles. The molecule has 0 radical (unpaired) electrons. The Hall–Kier alpha value is -2.31. The Morgan fingerprint density at radius 2 is 1.47 bits per heavy atom. The van der Waals surface area contributed by atoms with E-state index in [2.05, 4.69) is 80.0 Å². The van der Waals surface area contributed by atoms with Gasteiger partial charge >= 0.3 is 0 Å². The van der Waals surface area contributed by atoms with Crippen LogP contribution in [-0.2, 0) is 0 Å². The largest absolute Gasteiger partial charge is 0.396 e. The Morgan fingerprint density at radius 3 is 1.83 bits per heavy atom. The Bertz CT molecular complexity index is 790. The molecular formula is C27H40FNO. The van der Waals surface area contributed by atoms with Gasteiger partial charge in [0.1, 0.15) is 5.67 Å². The summed E-state index contributed by atoms with van der Waals surface area (Å²) >= 11 is 0. The van der Waals surface area contributed by atoms with Crippen molar-refractivity contribution in [2.75, 3.05) is 25.6 Å². The first-order chi connectivity index (χ1) is 14.0. The van der Waals surface area contributed by atoms with E-state index >= 15 is 0 Å². The highest BCUT2D eigenvalue weighted by molar-refractivity contribution is 5.51. The average Bonchev–Trinajstić information content (AvgIpc) is 2.67. The van der Waals surface area contributed by atoms with Crippen molar-refractivity contribution in [1.82, 2.24) is 0 Å². The molecule has 166 valence electrons. The molecule has 3 heteroatoms. The molecule has 2 nitrogen and oxygen atoms in total. The van der Waals surface area contributed by atoms with E-state index in [1.54, 1.807) is 0 Å². The third kappa shape index (κ3) is 11.0. The van der Waals surface area contributed by atoms with Crippen LogP contribution < -0.4 is 4.90 Å². The van der Waals surface area contributed by atoms with Crippen molar-refractivity contribution in [2.24, 2.45) is 0 Å². The SMILES string of the molecule is CC.CC(C)(F)CCO.Cc1cc(C#Cc2ccc(N(C)C)cc2)ccc1C(C)C. The van der Waals surface area contributed by atoms with E-state index in [0.717, 1.165) is 11.1 Å². The molecule has 0 heterocycles. The van der Waals surface area contributed by atoms with E-state index in [1.807, 2.05) is 27.9 Å². The molecule has 0 saturated carbocycles. The number of halogens is 1. The second kappa shape index (κ2) is 13.8. The number of nitrogens with zero attached hydrogens (tertiary/aromatic N) is 1. The van der Waals surface area contributed by atoms with Gasteiger partial charge in [-0.2, -0.15) is 0 Å². The minimum atomic E-state index is -1.20.